The van der Waals surface area contributed by atoms with Crippen LogP contribution in [0, 0.1) is 0 Å². The predicted octanol–water partition coefficient (Wildman–Crippen LogP) is 6.45. The molecule has 9 heteroatoms. The van der Waals surface area contributed by atoms with E-state index in [1.165, 1.54) is 0 Å². The summed E-state index contributed by atoms with van der Waals surface area (Å²) in [5.74, 6) is 0. The molecule has 1 aromatic heterocycles. The molecule has 0 saturated carbocycles. The Morgan fingerprint density at radius 3 is 2.19 bits per heavy atom. The molecule has 0 bridgehead atoms. The summed E-state index contributed by atoms with van der Waals surface area (Å²) in [6, 6.07) is 10.7. The maximum atomic E-state index is 6.37. The van der Waals surface area contributed by atoms with E-state index in [-0.39, 0.29) is 50.9 Å². The zero-order chi connectivity index (χ0) is 17.8. The molecule has 1 atom stereocenters. The van der Waals surface area contributed by atoms with Gasteiger partial charge in [-0.25, -0.2) is 4.98 Å². The quantitative estimate of drug-likeness (QED) is 0.293. The van der Waals surface area contributed by atoms with Gasteiger partial charge in [-0.15, -0.1) is 0 Å². The molecule has 3 aromatic rings. The summed E-state index contributed by atoms with van der Waals surface area (Å²) in [5.41, 5.74) is 1.71. The van der Waals surface area contributed by atoms with Crippen LogP contribution in [-0.4, -0.2) is 9.55 Å². The normalized spacial score (nSPS) is 11.4. The van der Waals surface area contributed by atoms with Crippen molar-refractivity contribution < 1.29 is 49.5 Å². The largest absolute Gasteiger partial charge is 0.367 e. The molecule has 0 N–H and O–H groups in total. The van der Waals surface area contributed by atoms with Crippen molar-refractivity contribution in [3.8, 4) is 0 Å². The Balaban J connectivity index is 0.00000182. The summed E-state index contributed by atoms with van der Waals surface area (Å²) >= 11 is 24.5. The predicted molar refractivity (Wildman–Crippen MR) is 103 cm³/mol. The van der Waals surface area contributed by atoms with Crippen LogP contribution < -0.4 is 0 Å². The average Bonchev–Trinajstić information content (AvgIpc) is 3.06. The molecule has 0 spiro atoms. The SMILES string of the molecule is Clc1ccc(CO[C@@H](Cn2ccnc2)c2ccc(Cl)cc2Cl)c(Cl)c1.[Ag].[Ag]. The molecule has 1 heterocycles. The van der Waals surface area contributed by atoms with Gasteiger partial charge in [0.1, 0.15) is 6.10 Å². The second kappa shape index (κ2) is 12.1. The molecular formula is C18H14Ag2Cl4N2O. The summed E-state index contributed by atoms with van der Waals surface area (Å²) in [4.78, 5) is 4.07. The fourth-order valence-electron chi connectivity index (χ4n) is 2.42. The van der Waals surface area contributed by atoms with Crippen molar-refractivity contribution >= 4 is 46.4 Å². The fraction of sp³-hybridized carbons (Fsp3) is 0.167. The summed E-state index contributed by atoms with van der Waals surface area (Å²) in [6.45, 7) is 0.890. The molecular weight excluding hydrogens is 618 g/mol. The second-order valence-corrected chi connectivity index (χ2v) is 7.15. The van der Waals surface area contributed by atoms with Gasteiger partial charge in [0.15, 0.2) is 0 Å². The van der Waals surface area contributed by atoms with Crippen LogP contribution in [0.1, 0.15) is 17.2 Å². The monoisotopic (exact) mass is 628 g/mol. The van der Waals surface area contributed by atoms with Crippen molar-refractivity contribution in [2.75, 3.05) is 0 Å². The van der Waals surface area contributed by atoms with Gasteiger partial charge in [0.25, 0.3) is 0 Å². The van der Waals surface area contributed by atoms with Gasteiger partial charge in [-0.2, -0.15) is 0 Å². The van der Waals surface area contributed by atoms with Crippen molar-refractivity contribution in [3.63, 3.8) is 0 Å². The van der Waals surface area contributed by atoms with Crippen molar-refractivity contribution in [1.82, 2.24) is 9.55 Å². The Kier molecular flexibility index (Phi) is 11.3. The van der Waals surface area contributed by atoms with Crippen molar-refractivity contribution in [3.05, 3.63) is 86.3 Å². The van der Waals surface area contributed by atoms with Crippen LogP contribution in [-0.2, 0) is 62.6 Å². The van der Waals surface area contributed by atoms with E-state index < -0.39 is 0 Å². The summed E-state index contributed by atoms with van der Waals surface area (Å²) in [5, 5.41) is 2.29. The number of benzene rings is 2. The Labute approximate surface area is 209 Å². The van der Waals surface area contributed by atoms with Gasteiger partial charge in [-0.3, -0.25) is 0 Å². The molecule has 0 aliphatic carbocycles. The molecule has 27 heavy (non-hydrogen) atoms. The van der Waals surface area contributed by atoms with Crippen molar-refractivity contribution in [2.24, 2.45) is 0 Å². The molecule has 0 aliphatic heterocycles. The molecule has 0 saturated heterocycles. The van der Waals surface area contributed by atoms with Crippen molar-refractivity contribution in [2.45, 2.75) is 19.3 Å². The van der Waals surface area contributed by atoms with Gasteiger partial charge < -0.3 is 9.30 Å². The van der Waals surface area contributed by atoms with Gasteiger partial charge in [0, 0.05) is 82.8 Å². The van der Waals surface area contributed by atoms with Crippen LogP contribution in [0.2, 0.25) is 20.1 Å². The Bertz CT molecular complexity index is 863. The number of halogens is 4. The third kappa shape index (κ3) is 7.22. The van der Waals surface area contributed by atoms with Crippen LogP contribution in [0.3, 0.4) is 0 Å². The molecule has 3 rings (SSSR count). The first-order valence-electron chi connectivity index (χ1n) is 7.49. The van der Waals surface area contributed by atoms with Gasteiger partial charge in [0.05, 0.1) is 19.5 Å². The third-order valence-corrected chi connectivity index (χ3v) is 4.85. The van der Waals surface area contributed by atoms with E-state index in [1.54, 1.807) is 36.8 Å². The molecule has 2 radical (unpaired) electrons. The number of ether oxygens (including phenoxy) is 1. The number of hydrogen-bond acceptors (Lipinski definition) is 2. The summed E-state index contributed by atoms with van der Waals surface area (Å²) in [7, 11) is 0. The number of nitrogens with zero attached hydrogens (tertiary/aromatic N) is 2. The minimum Gasteiger partial charge on any atom is -0.367 e. The van der Waals surface area contributed by atoms with Crippen molar-refractivity contribution in [1.29, 1.82) is 0 Å². The van der Waals surface area contributed by atoms with E-state index >= 15 is 0 Å². The molecule has 3 nitrogen and oxygen atoms in total. The number of aromatic nitrogens is 2. The van der Waals surface area contributed by atoms with E-state index in [0.29, 0.717) is 33.2 Å². The molecule has 152 valence electrons. The van der Waals surface area contributed by atoms with Gasteiger partial charge >= 0.3 is 0 Å². The average molecular weight is 632 g/mol. The second-order valence-electron chi connectivity index (χ2n) is 5.46. The maximum absolute atomic E-state index is 6.37. The van der Waals surface area contributed by atoms with Crippen LogP contribution in [0.15, 0.2) is 55.1 Å². The zero-order valence-electron chi connectivity index (χ0n) is 13.6. The van der Waals surface area contributed by atoms with Crippen LogP contribution >= 0.6 is 46.4 Å². The summed E-state index contributed by atoms with van der Waals surface area (Å²) in [6.07, 6.45) is 5.03. The van der Waals surface area contributed by atoms with Gasteiger partial charge in [-0.05, 0) is 29.8 Å². The minimum atomic E-state index is -0.286. The standard InChI is InChI=1S/C18H14Cl4N2O.2Ag/c19-13-2-1-12(16(21)7-13)10-25-18(9-24-6-5-23-11-24)15-4-3-14(20)8-17(15)22;;/h1-8,11,18H,9-10H2;;/t18-;;/m0../s1. The minimum absolute atomic E-state index is 0. The van der Waals surface area contributed by atoms with Crippen LogP contribution in [0.25, 0.3) is 0 Å². The first kappa shape index (κ1) is 25.3. The first-order valence-corrected chi connectivity index (χ1v) is 9.00. The molecule has 0 fully saturated rings. The Morgan fingerprint density at radius 1 is 0.926 bits per heavy atom. The first-order chi connectivity index (χ1) is 12.0. The Morgan fingerprint density at radius 2 is 1.59 bits per heavy atom. The summed E-state index contributed by atoms with van der Waals surface area (Å²) < 4.78 is 8.05. The van der Waals surface area contributed by atoms with E-state index in [9.17, 15) is 0 Å². The Hall–Kier alpha value is 0.251. The van der Waals surface area contributed by atoms with Gasteiger partial charge in [0.2, 0.25) is 0 Å². The smallest absolute Gasteiger partial charge is 0.102 e. The molecule has 0 aliphatic rings. The third-order valence-electron chi connectivity index (χ3n) is 3.70. The molecule has 0 unspecified atom stereocenters. The van der Waals surface area contributed by atoms with E-state index in [1.807, 2.05) is 22.9 Å². The van der Waals surface area contributed by atoms with Gasteiger partial charge in [-0.1, -0.05) is 58.5 Å². The zero-order valence-corrected chi connectivity index (χ0v) is 19.6. The van der Waals surface area contributed by atoms with Crippen LogP contribution in [0.5, 0.6) is 0 Å². The molecule has 0 amide bonds. The van der Waals surface area contributed by atoms with E-state index in [2.05, 4.69) is 4.98 Å². The topological polar surface area (TPSA) is 27.1 Å². The van der Waals surface area contributed by atoms with Crippen LogP contribution in [0.4, 0.5) is 0 Å². The number of imidazole rings is 1. The fourth-order valence-corrected chi connectivity index (χ4v) is 3.41. The number of rotatable bonds is 6. The van der Waals surface area contributed by atoms with E-state index in [0.717, 1.165) is 11.1 Å². The van der Waals surface area contributed by atoms with E-state index in [4.69, 9.17) is 51.1 Å². The molecule has 2 aromatic carbocycles. The number of hydrogen-bond donors (Lipinski definition) is 0. The maximum Gasteiger partial charge on any atom is 0.102 e.